The Hall–Kier alpha value is -2.25. The highest BCUT2D eigenvalue weighted by Gasteiger charge is 2.42. The number of imide groups is 1. The number of nitrogens with one attached hydrogen (secondary N) is 2. The van der Waals surface area contributed by atoms with Gasteiger partial charge in [-0.15, -0.1) is 0 Å². The van der Waals surface area contributed by atoms with Crippen molar-refractivity contribution in [2.45, 2.75) is 25.4 Å². The molecule has 2 heterocycles. The third-order valence-electron chi connectivity index (χ3n) is 5.32. The number of rotatable bonds is 13. The fraction of sp³-hybridized carbons (Fsp3) is 0.571. The largest absolute Gasteiger partial charge is 0.494 e. The number of benzene rings is 1. The molecule has 2 aliphatic heterocycles. The monoisotopic (exact) mass is 529 g/mol. The fourth-order valence-electron chi connectivity index (χ4n) is 3.77. The summed E-state index contributed by atoms with van der Waals surface area (Å²) in [5.41, 5.74) is 1.77. The van der Waals surface area contributed by atoms with Crippen LogP contribution in [0, 0.1) is 0 Å². The van der Waals surface area contributed by atoms with Gasteiger partial charge in [-0.25, -0.2) is 0 Å². The second-order valence-electron chi connectivity index (χ2n) is 7.38. The minimum Gasteiger partial charge on any atom is -0.494 e. The second-order valence-corrected chi connectivity index (χ2v) is 8.24. The second kappa shape index (κ2) is 12.3. The van der Waals surface area contributed by atoms with Crippen LogP contribution < -0.4 is 15.4 Å². The van der Waals surface area contributed by atoms with Crippen LogP contribution in [-0.4, -0.2) is 87.3 Å². The lowest BCUT2D eigenvalue weighted by molar-refractivity contribution is -0.136. The Balaban J connectivity index is 1.57. The standard InChI is InChI=1S/C21H28BrN3O8/c1-30-19-15(23-4-5-31-6-7-32-8-9-33-12-26)10-14(22)13-11-25(21(29)18(13)19)16-2-3-17(27)24-20(16)28/h10,16,23,26H,2-9,11-12H2,1H3,(H,24,27,28). The van der Waals surface area contributed by atoms with Gasteiger partial charge in [-0.3, -0.25) is 19.7 Å². The number of amides is 3. The molecule has 1 aromatic rings. The molecule has 11 nitrogen and oxygen atoms in total. The van der Waals surface area contributed by atoms with E-state index in [2.05, 4.69) is 26.6 Å². The number of ether oxygens (including phenoxy) is 4. The Kier molecular flexibility index (Phi) is 9.44. The summed E-state index contributed by atoms with van der Waals surface area (Å²) in [5, 5.41) is 14.0. The number of fused-ring (bicyclic) bond motifs is 1. The summed E-state index contributed by atoms with van der Waals surface area (Å²) in [6.07, 6.45) is 0.494. The van der Waals surface area contributed by atoms with Crippen LogP contribution in [0.4, 0.5) is 5.69 Å². The summed E-state index contributed by atoms with van der Waals surface area (Å²) in [6.45, 7) is 2.33. The molecule has 1 atom stereocenters. The van der Waals surface area contributed by atoms with Crippen LogP contribution in [-0.2, 0) is 30.3 Å². The maximum atomic E-state index is 13.2. The van der Waals surface area contributed by atoms with Crippen LogP contribution in [0.5, 0.6) is 5.75 Å². The molecule has 1 saturated heterocycles. The smallest absolute Gasteiger partial charge is 0.259 e. The van der Waals surface area contributed by atoms with Gasteiger partial charge in [0, 0.05) is 29.5 Å². The minimum absolute atomic E-state index is 0.198. The molecule has 3 rings (SSSR count). The first-order valence-electron chi connectivity index (χ1n) is 10.6. The van der Waals surface area contributed by atoms with Crippen molar-refractivity contribution in [2.24, 2.45) is 0 Å². The van der Waals surface area contributed by atoms with Gasteiger partial charge in [-0.05, 0) is 12.5 Å². The summed E-state index contributed by atoms with van der Waals surface area (Å²) in [7, 11) is 1.49. The Labute approximate surface area is 199 Å². The number of halogens is 1. The quantitative estimate of drug-likeness (QED) is 0.191. The highest BCUT2D eigenvalue weighted by molar-refractivity contribution is 9.10. The van der Waals surface area contributed by atoms with Gasteiger partial charge >= 0.3 is 0 Å². The molecule has 0 bridgehead atoms. The number of aliphatic hydroxyl groups excluding tert-OH is 1. The number of hydrogen-bond donors (Lipinski definition) is 3. The van der Waals surface area contributed by atoms with E-state index in [4.69, 9.17) is 24.1 Å². The molecule has 1 unspecified atom stereocenters. The average molecular weight is 530 g/mol. The zero-order valence-electron chi connectivity index (χ0n) is 18.4. The molecule has 0 radical (unpaired) electrons. The van der Waals surface area contributed by atoms with Crippen molar-refractivity contribution < 1.29 is 38.4 Å². The third-order valence-corrected chi connectivity index (χ3v) is 6.03. The van der Waals surface area contributed by atoms with Crippen LogP contribution in [0.1, 0.15) is 28.8 Å². The van der Waals surface area contributed by atoms with Crippen LogP contribution in [0.3, 0.4) is 0 Å². The number of methoxy groups -OCH3 is 1. The van der Waals surface area contributed by atoms with Gasteiger partial charge in [0.2, 0.25) is 11.8 Å². The zero-order valence-corrected chi connectivity index (χ0v) is 19.9. The number of hydrogen-bond acceptors (Lipinski definition) is 9. The molecule has 33 heavy (non-hydrogen) atoms. The van der Waals surface area contributed by atoms with E-state index in [1.807, 2.05) is 6.07 Å². The zero-order chi connectivity index (χ0) is 23.8. The van der Waals surface area contributed by atoms with Crippen molar-refractivity contribution in [3.63, 3.8) is 0 Å². The number of carbonyl (C=O) groups is 3. The van der Waals surface area contributed by atoms with Crippen LogP contribution >= 0.6 is 15.9 Å². The van der Waals surface area contributed by atoms with E-state index in [0.717, 1.165) is 10.0 Å². The van der Waals surface area contributed by atoms with Crippen LogP contribution in [0.25, 0.3) is 0 Å². The molecule has 12 heteroatoms. The lowest BCUT2D eigenvalue weighted by Crippen LogP contribution is -2.52. The summed E-state index contributed by atoms with van der Waals surface area (Å²) in [6, 6.07) is 1.14. The summed E-state index contributed by atoms with van der Waals surface area (Å²) in [5.74, 6) is -0.683. The molecule has 0 aliphatic carbocycles. The van der Waals surface area contributed by atoms with Gasteiger partial charge in [-0.2, -0.15) is 0 Å². The molecule has 0 aromatic heterocycles. The molecule has 182 valence electrons. The van der Waals surface area contributed by atoms with Crippen molar-refractivity contribution in [1.82, 2.24) is 10.2 Å². The van der Waals surface area contributed by atoms with Gasteiger partial charge in [0.15, 0.2) is 5.75 Å². The van der Waals surface area contributed by atoms with Gasteiger partial charge in [0.1, 0.15) is 12.8 Å². The van der Waals surface area contributed by atoms with E-state index in [-0.39, 0.29) is 31.6 Å². The normalized spacial score (nSPS) is 17.8. The molecule has 1 aromatic carbocycles. The molecule has 3 amide bonds. The van der Waals surface area contributed by atoms with Gasteiger partial charge < -0.3 is 34.3 Å². The number of nitrogens with zero attached hydrogens (tertiary/aromatic N) is 1. The predicted octanol–water partition coefficient (Wildman–Crippen LogP) is 0.630. The van der Waals surface area contributed by atoms with E-state index in [1.165, 1.54) is 12.0 Å². The first kappa shape index (κ1) is 25.4. The third kappa shape index (κ3) is 6.21. The lowest BCUT2D eigenvalue weighted by Gasteiger charge is -2.29. The van der Waals surface area contributed by atoms with Crippen LogP contribution in [0.15, 0.2) is 10.5 Å². The molecular weight excluding hydrogens is 502 g/mol. The SMILES string of the molecule is COc1c(NCCOCCOCCOCO)cc(Br)c2c1C(=O)N(C1CCC(=O)NC1=O)C2. The van der Waals surface area contributed by atoms with Crippen molar-refractivity contribution in [2.75, 3.05) is 58.8 Å². The van der Waals surface area contributed by atoms with Gasteiger partial charge in [-0.1, -0.05) is 15.9 Å². The minimum atomic E-state index is -0.693. The highest BCUT2D eigenvalue weighted by atomic mass is 79.9. The summed E-state index contributed by atoms with van der Waals surface area (Å²) < 4.78 is 21.8. The number of carbonyl (C=O) groups excluding carboxylic acids is 3. The molecule has 0 saturated carbocycles. The first-order chi connectivity index (χ1) is 16.0. The Morgan fingerprint density at radius 2 is 1.85 bits per heavy atom. The lowest BCUT2D eigenvalue weighted by atomic mass is 10.0. The summed E-state index contributed by atoms with van der Waals surface area (Å²) in [4.78, 5) is 38.5. The van der Waals surface area contributed by atoms with E-state index >= 15 is 0 Å². The summed E-state index contributed by atoms with van der Waals surface area (Å²) >= 11 is 3.53. The number of piperidine rings is 1. The van der Waals surface area contributed by atoms with Crippen molar-refractivity contribution in [3.8, 4) is 5.75 Å². The maximum absolute atomic E-state index is 13.2. The Morgan fingerprint density at radius 1 is 1.15 bits per heavy atom. The Bertz CT molecular complexity index is 882. The maximum Gasteiger partial charge on any atom is 0.259 e. The first-order valence-corrected chi connectivity index (χ1v) is 11.4. The van der Waals surface area contributed by atoms with E-state index in [9.17, 15) is 14.4 Å². The molecule has 1 fully saturated rings. The molecule has 2 aliphatic rings. The van der Waals surface area contributed by atoms with E-state index in [1.54, 1.807) is 0 Å². The fourth-order valence-corrected chi connectivity index (χ4v) is 4.33. The Morgan fingerprint density at radius 3 is 2.52 bits per heavy atom. The van der Waals surface area contributed by atoms with Crippen LogP contribution in [0.2, 0.25) is 0 Å². The number of aliphatic hydroxyl groups is 1. The highest BCUT2D eigenvalue weighted by Crippen LogP contribution is 2.42. The van der Waals surface area contributed by atoms with E-state index in [0.29, 0.717) is 63.0 Å². The topological polar surface area (TPSA) is 136 Å². The molecular formula is C21H28BrN3O8. The molecule has 0 spiro atoms. The van der Waals surface area contributed by atoms with E-state index < -0.39 is 11.9 Å². The van der Waals surface area contributed by atoms with Gasteiger partial charge in [0.05, 0.1) is 51.4 Å². The average Bonchev–Trinajstić information content (AvgIpc) is 3.13. The van der Waals surface area contributed by atoms with Crippen molar-refractivity contribution >= 4 is 39.3 Å². The van der Waals surface area contributed by atoms with Crippen molar-refractivity contribution in [3.05, 3.63) is 21.7 Å². The predicted molar refractivity (Wildman–Crippen MR) is 120 cm³/mol. The van der Waals surface area contributed by atoms with Crippen molar-refractivity contribution in [1.29, 1.82) is 0 Å². The van der Waals surface area contributed by atoms with Gasteiger partial charge in [0.25, 0.3) is 5.91 Å². The molecule has 3 N–H and O–H groups in total. The number of anilines is 1.